The van der Waals surface area contributed by atoms with Gasteiger partial charge in [-0.3, -0.25) is 4.79 Å². The quantitative estimate of drug-likeness (QED) is 0.687. The molecule has 8 heteroatoms. The van der Waals surface area contributed by atoms with E-state index in [1.54, 1.807) is 13.0 Å². The maximum absolute atomic E-state index is 12.3. The van der Waals surface area contributed by atoms with Crippen molar-refractivity contribution in [1.82, 2.24) is 20.7 Å². The zero-order valence-corrected chi connectivity index (χ0v) is 14.8. The van der Waals surface area contributed by atoms with E-state index in [9.17, 15) is 9.90 Å². The topological polar surface area (TPSA) is 114 Å². The summed E-state index contributed by atoms with van der Waals surface area (Å²) in [5, 5.41) is 24.0. The maximum Gasteiger partial charge on any atom is 0.273 e. The van der Waals surface area contributed by atoms with Gasteiger partial charge in [-0.15, -0.1) is 10.2 Å². The smallest absolute Gasteiger partial charge is 0.273 e. The third kappa shape index (κ3) is 3.90. The Morgan fingerprint density at radius 3 is 2.78 bits per heavy atom. The normalized spacial score (nSPS) is 20.1. The van der Waals surface area contributed by atoms with Crippen LogP contribution in [0.1, 0.15) is 48.1 Å². The first-order valence-corrected chi connectivity index (χ1v) is 8.92. The van der Waals surface area contributed by atoms with Gasteiger partial charge in [0.2, 0.25) is 11.8 Å². The number of nitrogens with one attached hydrogen (secondary N) is 1. The van der Waals surface area contributed by atoms with Crippen LogP contribution in [0.4, 0.5) is 0 Å². The number of hydrogen-bond donors (Lipinski definition) is 2. The Kier molecular flexibility index (Phi) is 4.72. The number of aromatic nitrogens is 3. The Hall–Kier alpha value is -3.00. The van der Waals surface area contributed by atoms with Gasteiger partial charge in [-0.05, 0) is 25.7 Å². The van der Waals surface area contributed by atoms with Gasteiger partial charge in [-0.1, -0.05) is 35.5 Å². The zero-order valence-electron chi connectivity index (χ0n) is 14.8. The Morgan fingerprint density at radius 1 is 1.30 bits per heavy atom. The third-order valence-corrected chi connectivity index (χ3v) is 4.68. The fourth-order valence-corrected chi connectivity index (χ4v) is 3.17. The highest BCUT2D eigenvalue weighted by Crippen LogP contribution is 2.31. The highest BCUT2D eigenvalue weighted by Gasteiger charge is 2.32. The SMILES string of the molecule is C[C@@H](O)c1nnc(CC2CC(NC(=O)c3cc(-c4ccccc4)on3)C2)o1. The van der Waals surface area contributed by atoms with Crippen LogP contribution in [-0.4, -0.2) is 32.4 Å². The van der Waals surface area contributed by atoms with E-state index in [2.05, 4.69) is 20.7 Å². The summed E-state index contributed by atoms with van der Waals surface area (Å²) in [5.41, 5.74) is 1.15. The summed E-state index contributed by atoms with van der Waals surface area (Å²) >= 11 is 0. The predicted octanol–water partition coefficient (Wildman–Crippen LogP) is 2.53. The maximum atomic E-state index is 12.3. The summed E-state index contributed by atoms with van der Waals surface area (Å²) in [4.78, 5) is 12.3. The van der Waals surface area contributed by atoms with Gasteiger partial charge in [0.25, 0.3) is 5.91 Å². The summed E-state index contributed by atoms with van der Waals surface area (Å²) in [6.07, 6.45) is 1.56. The average molecular weight is 368 g/mol. The molecule has 0 saturated heterocycles. The highest BCUT2D eigenvalue weighted by atomic mass is 16.5. The Labute approximate surface area is 155 Å². The second kappa shape index (κ2) is 7.32. The number of carbonyl (C=O) groups excluding carboxylic acids is 1. The molecule has 2 heterocycles. The number of aliphatic hydroxyl groups is 1. The van der Waals surface area contributed by atoms with E-state index in [0.29, 0.717) is 24.0 Å². The number of hydrogen-bond acceptors (Lipinski definition) is 7. The lowest BCUT2D eigenvalue weighted by molar-refractivity contribution is 0.0877. The van der Waals surface area contributed by atoms with E-state index in [0.717, 1.165) is 18.4 Å². The van der Waals surface area contributed by atoms with Crippen LogP contribution in [0.5, 0.6) is 0 Å². The molecule has 27 heavy (non-hydrogen) atoms. The first-order valence-electron chi connectivity index (χ1n) is 8.92. The van der Waals surface area contributed by atoms with E-state index in [1.165, 1.54) is 0 Å². The molecule has 4 rings (SSSR count). The molecule has 1 amide bonds. The molecule has 0 radical (unpaired) electrons. The van der Waals surface area contributed by atoms with E-state index < -0.39 is 6.10 Å². The van der Waals surface area contributed by atoms with E-state index >= 15 is 0 Å². The molecular formula is C19H20N4O4. The van der Waals surface area contributed by atoms with E-state index in [4.69, 9.17) is 8.94 Å². The molecule has 1 aromatic carbocycles. The summed E-state index contributed by atoms with van der Waals surface area (Å²) in [6.45, 7) is 1.58. The van der Waals surface area contributed by atoms with Crippen LogP contribution in [0, 0.1) is 5.92 Å². The summed E-state index contributed by atoms with van der Waals surface area (Å²) < 4.78 is 10.7. The van der Waals surface area contributed by atoms with E-state index in [-0.39, 0.29) is 23.5 Å². The van der Waals surface area contributed by atoms with Gasteiger partial charge < -0.3 is 19.4 Å². The number of carbonyl (C=O) groups is 1. The second-order valence-electron chi connectivity index (χ2n) is 6.86. The molecule has 0 bridgehead atoms. The molecule has 8 nitrogen and oxygen atoms in total. The minimum absolute atomic E-state index is 0.0959. The fraction of sp³-hybridized carbons (Fsp3) is 0.368. The molecule has 1 saturated carbocycles. The molecule has 0 spiro atoms. The van der Waals surface area contributed by atoms with Crippen LogP contribution < -0.4 is 5.32 Å². The van der Waals surface area contributed by atoms with Crippen molar-refractivity contribution < 1.29 is 18.8 Å². The van der Waals surface area contributed by atoms with Crippen molar-refractivity contribution in [1.29, 1.82) is 0 Å². The van der Waals surface area contributed by atoms with Crippen molar-refractivity contribution in [2.45, 2.75) is 38.3 Å². The van der Waals surface area contributed by atoms with Crippen LogP contribution in [0.15, 0.2) is 45.3 Å². The van der Waals surface area contributed by atoms with E-state index in [1.807, 2.05) is 30.3 Å². The second-order valence-corrected chi connectivity index (χ2v) is 6.86. The van der Waals surface area contributed by atoms with Gasteiger partial charge in [0.15, 0.2) is 11.5 Å². The van der Waals surface area contributed by atoms with Gasteiger partial charge in [-0.25, -0.2) is 0 Å². The minimum atomic E-state index is -0.761. The predicted molar refractivity (Wildman–Crippen MR) is 94.6 cm³/mol. The molecule has 0 aliphatic heterocycles. The molecule has 1 atom stereocenters. The molecule has 1 fully saturated rings. The van der Waals surface area contributed by atoms with Crippen LogP contribution in [0.3, 0.4) is 0 Å². The van der Waals surface area contributed by atoms with Gasteiger partial charge in [0, 0.05) is 24.1 Å². The molecule has 0 unspecified atom stereocenters. The summed E-state index contributed by atoms with van der Waals surface area (Å²) in [6, 6.07) is 11.3. The third-order valence-electron chi connectivity index (χ3n) is 4.68. The first-order chi connectivity index (χ1) is 13.1. The van der Waals surface area contributed by atoms with Crippen molar-refractivity contribution in [2.24, 2.45) is 5.92 Å². The summed E-state index contributed by atoms with van der Waals surface area (Å²) in [7, 11) is 0. The first kappa shape index (κ1) is 17.4. The molecule has 1 aliphatic rings. The molecule has 2 N–H and O–H groups in total. The fourth-order valence-electron chi connectivity index (χ4n) is 3.17. The number of benzene rings is 1. The highest BCUT2D eigenvalue weighted by molar-refractivity contribution is 5.93. The van der Waals surface area contributed by atoms with Crippen molar-refractivity contribution in [3.63, 3.8) is 0 Å². The van der Waals surface area contributed by atoms with Crippen molar-refractivity contribution in [2.75, 3.05) is 0 Å². The Morgan fingerprint density at radius 2 is 2.07 bits per heavy atom. The largest absolute Gasteiger partial charge is 0.422 e. The minimum Gasteiger partial charge on any atom is -0.422 e. The molecule has 2 aromatic heterocycles. The lowest BCUT2D eigenvalue weighted by atomic mass is 9.78. The van der Waals surface area contributed by atoms with Gasteiger partial charge in [0.05, 0.1) is 0 Å². The molecule has 1 aliphatic carbocycles. The molecule has 3 aromatic rings. The van der Waals surface area contributed by atoms with Crippen molar-refractivity contribution in [3.8, 4) is 11.3 Å². The van der Waals surface area contributed by atoms with Crippen LogP contribution in [0.25, 0.3) is 11.3 Å². The van der Waals surface area contributed by atoms with Crippen LogP contribution in [0.2, 0.25) is 0 Å². The Balaban J connectivity index is 1.27. The number of amides is 1. The monoisotopic (exact) mass is 368 g/mol. The zero-order chi connectivity index (χ0) is 18.8. The van der Waals surface area contributed by atoms with Gasteiger partial charge in [0.1, 0.15) is 6.10 Å². The number of aliphatic hydroxyl groups excluding tert-OH is 1. The van der Waals surface area contributed by atoms with Gasteiger partial charge in [-0.2, -0.15) is 0 Å². The average Bonchev–Trinajstić information content (AvgIpc) is 3.30. The number of nitrogens with zero attached hydrogens (tertiary/aromatic N) is 3. The molecular weight excluding hydrogens is 348 g/mol. The summed E-state index contributed by atoms with van der Waals surface area (Å²) in [5.74, 6) is 1.45. The Bertz CT molecular complexity index is 913. The van der Waals surface area contributed by atoms with Crippen LogP contribution in [-0.2, 0) is 6.42 Å². The lowest BCUT2D eigenvalue weighted by Crippen LogP contribution is -2.45. The van der Waals surface area contributed by atoms with Crippen LogP contribution >= 0.6 is 0 Å². The van der Waals surface area contributed by atoms with Crippen molar-refractivity contribution in [3.05, 3.63) is 53.9 Å². The number of rotatable bonds is 6. The van der Waals surface area contributed by atoms with Crippen molar-refractivity contribution >= 4 is 5.91 Å². The standard InChI is InChI=1S/C19H20N4O4/c1-11(24)19-22-21-17(26-19)9-12-7-14(8-12)20-18(25)15-10-16(27-23-15)13-5-3-2-4-6-13/h2-6,10-12,14,24H,7-9H2,1H3,(H,20,25)/t11-,12?,14?/m1/s1. The van der Waals surface area contributed by atoms with Gasteiger partial charge >= 0.3 is 0 Å². The molecule has 140 valence electrons. The lowest BCUT2D eigenvalue weighted by Gasteiger charge is -2.34.